The fourth-order valence-corrected chi connectivity index (χ4v) is 2.32. The summed E-state index contributed by atoms with van der Waals surface area (Å²) >= 11 is 0. The number of carbonyl (C=O) groups is 1. The number of carbonyl (C=O) groups excluding carboxylic acids is 1. The third-order valence-electron chi connectivity index (χ3n) is 3.60. The molecule has 1 unspecified atom stereocenters. The lowest BCUT2D eigenvalue weighted by molar-refractivity contribution is 0.1000. The van der Waals surface area contributed by atoms with Crippen LogP contribution in [0.5, 0.6) is 0 Å². The summed E-state index contributed by atoms with van der Waals surface area (Å²) in [5.41, 5.74) is 6.80. The van der Waals surface area contributed by atoms with E-state index in [0.29, 0.717) is 18.2 Å². The van der Waals surface area contributed by atoms with Crippen LogP contribution < -0.4 is 16.4 Å². The molecular formula is C18H30N4O. The fourth-order valence-electron chi connectivity index (χ4n) is 2.32. The topological polar surface area (TPSA) is 79.5 Å². The summed E-state index contributed by atoms with van der Waals surface area (Å²) in [7, 11) is 0. The molecule has 5 nitrogen and oxygen atoms in total. The van der Waals surface area contributed by atoms with Gasteiger partial charge >= 0.3 is 0 Å². The third kappa shape index (κ3) is 7.68. The maximum Gasteiger partial charge on any atom is 0.248 e. The molecular weight excluding hydrogens is 288 g/mol. The largest absolute Gasteiger partial charge is 0.366 e. The Kier molecular flexibility index (Phi) is 8.80. The second-order valence-corrected chi connectivity index (χ2v) is 5.80. The SMILES string of the molecule is CCCCCC(C)NC(=NCc1cccc(C(N)=O)c1)NCC. The summed E-state index contributed by atoms with van der Waals surface area (Å²) < 4.78 is 0. The van der Waals surface area contributed by atoms with Gasteiger partial charge in [-0.15, -0.1) is 0 Å². The van der Waals surface area contributed by atoms with Crippen LogP contribution >= 0.6 is 0 Å². The third-order valence-corrected chi connectivity index (χ3v) is 3.60. The standard InChI is InChI=1S/C18H30N4O/c1-4-6-7-9-14(3)22-18(20-5-2)21-13-15-10-8-11-16(12-15)17(19)23/h8,10-12,14H,4-7,9,13H2,1-3H3,(H2,19,23)(H2,20,21,22). The van der Waals surface area contributed by atoms with Crippen molar-refractivity contribution in [1.82, 2.24) is 10.6 Å². The molecule has 0 spiro atoms. The highest BCUT2D eigenvalue weighted by Crippen LogP contribution is 2.06. The van der Waals surface area contributed by atoms with Crippen molar-refractivity contribution in [3.05, 3.63) is 35.4 Å². The first-order chi connectivity index (χ1) is 11.1. The highest BCUT2D eigenvalue weighted by atomic mass is 16.1. The van der Waals surface area contributed by atoms with Crippen LogP contribution in [0, 0.1) is 0 Å². The molecule has 1 atom stereocenters. The first-order valence-electron chi connectivity index (χ1n) is 8.50. The lowest BCUT2D eigenvalue weighted by atomic mass is 10.1. The molecule has 0 aliphatic carbocycles. The van der Waals surface area contributed by atoms with Crippen LogP contribution in [-0.2, 0) is 6.54 Å². The summed E-state index contributed by atoms with van der Waals surface area (Å²) in [5, 5.41) is 6.69. The molecule has 23 heavy (non-hydrogen) atoms. The zero-order chi connectivity index (χ0) is 17.1. The molecule has 1 rings (SSSR count). The number of unbranched alkanes of at least 4 members (excludes halogenated alkanes) is 2. The van der Waals surface area contributed by atoms with Gasteiger partial charge in [0, 0.05) is 18.2 Å². The van der Waals surface area contributed by atoms with Gasteiger partial charge in [-0.05, 0) is 38.0 Å². The monoisotopic (exact) mass is 318 g/mol. The molecule has 1 aromatic carbocycles. The Bertz CT molecular complexity index is 513. The molecule has 0 saturated carbocycles. The molecule has 0 bridgehead atoms. The average molecular weight is 318 g/mol. The molecule has 0 fully saturated rings. The molecule has 1 amide bonds. The highest BCUT2D eigenvalue weighted by molar-refractivity contribution is 5.92. The van der Waals surface area contributed by atoms with E-state index in [1.807, 2.05) is 19.1 Å². The zero-order valence-corrected chi connectivity index (χ0v) is 14.6. The van der Waals surface area contributed by atoms with Crippen LogP contribution in [0.4, 0.5) is 0 Å². The molecule has 5 heteroatoms. The summed E-state index contributed by atoms with van der Waals surface area (Å²) in [6.45, 7) is 7.76. The van der Waals surface area contributed by atoms with Crippen molar-refractivity contribution >= 4 is 11.9 Å². The van der Waals surface area contributed by atoms with Crippen molar-refractivity contribution in [2.45, 2.75) is 59.0 Å². The van der Waals surface area contributed by atoms with Gasteiger partial charge in [0.05, 0.1) is 6.54 Å². The Morgan fingerprint density at radius 3 is 2.74 bits per heavy atom. The van der Waals surface area contributed by atoms with Gasteiger partial charge in [-0.25, -0.2) is 4.99 Å². The van der Waals surface area contributed by atoms with Crippen LogP contribution in [0.15, 0.2) is 29.3 Å². The first-order valence-corrected chi connectivity index (χ1v) is 8.50. The molecule has 0 radical (unpaired) electrons. The van der Waals surface area contributed by atoms with Crippen LogP contribution in [0.2, 0.25) is 0 Å². The normalized spacial score (nSPS) is 12.7. The number of nitrogens with two attached hydrogens (primary N) is 1. The van der Waals surface area contributed by atoms with E-state index in [9.17, 15) is 4.79 Å². The lowest BCUT2D eigenvalue weighted by Crippen LogP contribution is -2.42. The Morgan fingerprint density at radius 1 is 1.30 bits per heavy atom. The van der Waals surface area contributed by atoms with E-state index in [0.717, 1.165) is 24.5 Å². The van der Waals surface area contributed by atoms with Crippen LogP contribution in [-0.4, -0.2) is 24.5 Å². The van der Waals surface area contributed by atoms with Crippen LogP contribution in [0.1, 0.15) is 62.4 Å². The summed E-state index contributed by atoms with van der Waals surface area (Å²) in [6.07, 6.45) is 4.86. The summed E-state index contributed by atoms with van der Waals surface area (Å²) in [6, 6.07) is 7.67. The van der Waals surface area contributed by atoms with Crippen molar-refractivity contribution in [1.29, 1.82) is 0 Å². The number of rotatable bonds is 9. The van der Waals surface area contributed by atoms with Crippen molar-refractivity contribution in [2.24, 2.45) is 10.7 Å². The van der Waals surface area contributed by atoms with E-state index in [2.05, 4.69) is 29.5 Å². The quantitative estimate of drug-likeness (QED) is 0.372. The van der Waals surface area contributed by atoms with Gasteiger partial charge in [0.1, 0.15) is 0 Å². The second-order valence-electron chi connectivity index (χ2n) is 5.80. The summed E-state index contributed by atoms with van der Waals surface area (Å²) in [5.74, 6) is 0.395. The molecule has 1 aromatic rings. The Labute approximate surface area is 139 Å². The maximum absolute atomic E-state index is 11.2. The molecule has 128 valence electrons. The lowest BCUT2D eigenvalue weighted by Gasteiger charge is -2.17. The minimum atomic E-state index is -0.412. The number of hydrogen-bond acceptors (Lipinski definition) is 2. The minimum Gasteiger partial charge on any atom is -0.366 e. The molecule has 0 aliphatic rings. The Balaban J connectivity index is 2.63. The van der Waals surface area contributed by atoms with E-state index in [1.54, 1.807) is 12.1 Å². The smallest absolute Gasteiger partial charge is 0.248 e. The number of amides is 1. The highest BCUT2D eigenvalue weighted by Gasteiger charge is 2.05. The summed E-state index contributed by atoms with van der Waals surface area (Å²) in [4.78, 5) is 15.8. The zero-order valence-electron chi connectivity index (χ0n) is 14.6. The number of benzene rings is 1. The van der Waals surface area contributed by atoms with Gasteiger partial charge < -0.3 is 16.4 Å². The van der Waals surface area contributed by atoms with Crippen molar-refractivity contribution in [3.8, 4) is 0 Å². The average Bonchev–Trinajstić information content (AvgIpc) is 2.53. The maximum atomic E-state index is 11.2. The van der Waals surface area contributed by atoms with E-state index < -0.39 is 5.91 Å². The van der Waals surface area contributed by atoms with Gasteiger partial charge in [-0.1, -0.05) is 38.3 Å². The fraction of sp³-hybridized carbons (Fsp3) is 0.556. The number of nitrogens with one attached hydrogen (secondary N) is 2. The van der Waals surface area contributed by atoms with Gasteiger partial charge in [0.15, 0.2) is 5.96 Å². The predicted octanol–water partition coefficient (Wildman–Crippen LogP) is 2.81. The molecule has 0 aliphatic heterocycles. The second kappa shape index (κ2) is 10.6. The Morgan fingerprint density at radius 2 is 2.09 bits per heavy atom. The van der Waals surface area contributed by atoms with Gasteiger partial charge in [-0.2, -0.15) is 0 Å². The number of nitrogens with zero attached hydrogens (tertiary/aromatic N) is 1. The predicted molar refractivity (Wildman–Crippen MR) is 96.5 cm³/mol. The Hall–Kier alpha value is -2.04. The molecule has 0 saturated heterocycles. The minimum absolute atomic E-state index is 0.385. The number of aliphatic imine (C=N–C) groups is 1. The van der Waals surface area contributed by atoms with Gasteiger partial charge in [-0.3, -0.25) is 4.79 Å². The number of primary amides is 1. The number of guanidine groups is 1. The van der Waals surface area contributed by atoms with Crippen molar-refractivity contribution in [2.75, 3.05) is 6.54 Å². The van der Waals surface area contributed by atoms with Crippen molar-refractivity contribution in [3.63, 3.8) is 0 Å². The van der Waals surface area contributed by atoms with Crippen LogP contribution in [0.3, 0.4) is 0 Å². The van der Waals surface area contributed by atoms with E-state index >= 15 is 0 Å². The van der Waals surface area contributed by atoms with Gasteiger partial charge in [0.2, 0.25) is 5.91 Å². The molecule has 0 aromatic heterocycles. The van der Waals surface area contributed by atoms with Gasteiger partial charge in [0.25, 0.3) is 0 Å². The van der Waals surface area contributed by atoms with E-state index in [-0.39, 0.29) is 0 Å². The number of hydrogen-bond donors (Lipinski definition) is 3. The molecule has 0 heterocycles. The first kappa shape index (κ1) is 19.0. The molecule has 4 N–H and O–H groups in total. The van der Waals surface area contributed by atoms with Crippen LogP contribution in [0.25, 0.3) is 0 Å². The van der Waals surface area contributed by atoms with E-state index in [1.165, 1.54) is 19.3 Å². The van der Waals surface area contributed by atoms with E-state index in [4.69, 9.17) is 5.73 Å². The van der Waals surface area contributed by atoms with Crippen molar-refractivity contribution < 1.29 is 4.79 Å².